The number of carbonyl (C=O) groups is 2. The molecule has 3 N–H and O–H groups in total. The van der Waals surface area contributed by atoms with Crippen molar-refractivity contribution in [2.45, 2.75) is 64.6 Å². The van der Waals surface area contributed by atoms with Gasteiger partial charge in [-0.1, -0.05) is 53.5 Å². The summed E-state index contributed by atoms with van der Waals surface area (Å²) < 4.78 is 106. The molecule has 17 heteroatoms. The van der Waals surface area contributed by atoms with Gasteiger partial charge in [-0.15, -0.1) is 0 Å². The monoisotopic (exact) mass is 955 g/mol. The van der Waals surface area contributed by atoms with E-state index in [1.54, 1.807) is 49.0 Å². The molecule has 350 valence electrons. The molecule has 0 saturated carbocycles. The molecule has 2 heterocycles. The average Bonchev–Trinajstić information content (AvgIpc) is 3.83. The van der Waals surface area contributed by atoms with E-state index in [9.17, 15) is 36.6 Å². The zero-order chi connectivity index (χ0) is 48.8. The summed E-state index contributed by atoms with van der Waals surface area (Å²) in [5, 5.41) is 19.2. The number of anilines is 1. The van der Waals surface area contributed by atoms with Crippen molar-refractivity contribution in [3.05, 3.63) is 181 Å². The third-order valence-corrected chi connectivity index (χ3v) is 11.4. The summed E-state index contributed by atoms with van der Waals surface area (Å²) in [7, 11) is 0. The molecule has 6 aromatic rings. The normalized spacial score (nSPS) is 12.8. The van der Waals surface area contributed by atoms with Crippen molar-refractivity contribution in [3.8, 4) is 29.4 Å². The Morgan fingerprint density at radius 2 is 1.62 bits per heavy atom. The summed E-state index contributed by atoms with van der Waals surface area (Å²) in [5.41, 5.74) is 0.391. The first kappa shape index (κ1) is 48.8. The molecule has 0 saturated heterocycles. The van der Waals surface area contributed by atoms with Gasteiger partial charge in [0.1, 0.15) is 35.6 Å². The summed E-state index contributed by atoms with van der Waals surface area (Å²) in [6.07, 6.45) is -1.35. The predicted molar refractivity (Wildman–Crippen MR) is 240 cm³/mol. The topological polar surface area (TPSA) is 109 Å². The molecule has 0 bridgehead atoms. The number of amides is 2. The molecule has 1 aliphatic rings. The maximum Gasteiger partial charge on any atom is 0.419 e. The molecule has 5 aromatic carbocycles. The van der Waals surface area contributed by atoms with Crippen LogP contribution in [0, 0.1) is 47.0 Å². The fourth-order valence-corrected chi connectivity index (χ4v) is 7.63. The highest BCUT2D eigenvalue weighted by molar-refractivity contribution is 6.31. The van der Waals surface area contributed by atoms with Crippen LogP contribution in [0.5, 0.6) is 5.75 Å². The maximum atomic E-state index is 15.3. The van der Waals surface area contributed by atoms with Gasteiger partial charge in [0.15, 0.2) is 0 Å². The molecule has 0 unspecified atom stereocenters. The van der Waals surface area contributed by atoms with E-state index in [0.717, 1.165) is 18.2 Å². The highest BCUT2D eigenvalue weighted by atomic mass is 35.5. The number of ether oxygens (including phenoxy) is 1. The minimum Gasteiger partial charge on any atom is -0.489 e. The van der Waals surface area contributed by atoms with Gasteiger partial charge in [0.25, 0.3) is 5.91 Å². The Morgan fingerprint density at radius 3 is 2.35 bits per heavy atom. The number of hydrogen-bond acceptors (Lipinski definition) is 6. The van der Waals surface area contributed by atoms with Crippen molar-refractivity contribution in [1.29, 1.82) is 0 Å². The number of aryl methyl sites for hydroxylation is 1. The third kappa shape index (κ3) is 11.3. The largest absolute Gasteiger partial charge is 0.489 e. The van der Waals surface area contributed by atoms with Crippen LogP contribution in [-0.2, 0) is 49.2 Å². The van der Waals surface area contributed by atoms with Crippen LogP contribution in [-0.4, -0.2) is 39.9 Å². The number of benzene rings is 5. The molecule has 0 atom stereocenters. The molecule has 0 aliphatic carbocycles. The smallest absolute Gasteiger partial charge is 0.419 e. The minimum atomic E-state index is -4.85. The third-order valence-electron chi connectivity index (χ3n) is 11.0. The van der Waals surface area contributed by atoms with Crippen LogP contribution in [0.15, 0.2) is 97.3 Å². The molecule has 0 fully saturated rings. The van der Waals surface area contributed by atoms with E-state index in [-0.39, 0.29) is 66.0 Å². The van der Waals surface area contributed by atoms with Crippen molar-refractivity contribution < 1.29 is 50.2 Å². The van der Waals surface area contributed by atoms with Gasteiger partial charge < -0.3 is 25.4 Å². The predicted octanol–water partition coefficient (Wildman–Crippen LogP) is 9.37. The number of halogens is 8. The summed E-state index contributed by atoms with van der Waals surface area (Å²) in [4.78, 5) is 28.1. The lowest BCUT2D eigenvalue weighted by atomic mass is 9.86. The van der Waals surface area contributed by atoms with Crippen molar-refractivity contribution in [3.63, 3.8) is 0 Å². The number of aliphatic hydroxyl groups is 1. The first-order chi connectivity index (χ1) is 32.4. The molecule has 9 nitrogen and oxygen atoms in total. The molecule has 68 heavy (non-hydrogen) atoms. The lowest BCUT2D eigenvalue weighted by Gasteiger charge is -2.21. The van der Waals surface area contributed by atoms with Gasteiger partial charge in [-0.3, -0.25) is 14.3 Å². The van der Waals surface area contributed by atoms with Crippen LogP contribution in [0.1, 0.15) is 80.7 Å². The quantitative estimate of drug-likeness (QED) is 0.0571. The number of hydrogen-bond donors (Lipinski definition) is 3. The number of fused-ring (bicyclic) bond motifs is 1. The van der Waals surface area contributed by atoms with Gasteiger partial charge in [0.2, 0.25) is 5.91 Å². The van der Waals surface area contributed by atoms with E-state index in [0.29, 0.717) is 52.7 Å². The van der Waals surface area contributed by atoms with E-state index >= 15 is 8.78 Å². The second-order valence-corrected chi connectivity index (χ2v) is 16.6. The van der Waals surface area contributed by atoms with Crippen LogP contribution >= 0.6 is 11.6 Å². The number of aromatic nitrogens is 2. The first-order valence-electron chi connectivity index (χ1n) is 21.0. The van der Waals surface area contributed by atoms with Crippen molar-refractivity contribution >= 4 is 29.1 Å². The molecule has 0 spiro atoms. The van der Waals surface area contributed by atoms with Crippen LogP contribution in [0.3, 0.4) is 0 Å². The van der Waals surface area contributed by atoms with E-state index in [2.05, 4.69) is 39.4 Å². The van der Waals surface area contributed by atoms with Gasteiger partial charge >= 0.3 is 6.18 Å². The van der Waals surface area contributed by atoms with Gasteiger partial charge in [0.05, 0.1) is 42.4 Å². The zero-order valence-corrected chi connectivity index (χ0v) is 37.2. The first-order valence-corrected chi connectivity index (χ1v) is 21.4. The number of nitrogens with zero attached hydrogens (tertiary/aromatic N) is 3. The van der Waals surface area contributed by atoms with E-state index in [1.165, 1.54) is 47.5 Å². The fraction of sp³-hybridized carbons (Fsp3) is 0.235. The van der Waals surface area contributed by atoms with Crippen molar-refractivity contribution in [1.82, 2.24) is 20.4 Å². The standard InChI is InChI=1S/C51H41ClF7N5O4/c1-50(2)39-14-13-35(24-46(39)64(49(50)67)29-38-41(52)7-5-8-42(38)53)48(66)61-27-37-44(55)22-32(23-45(37)56)9-10-34-25-62-63(28-34)18-4-3-6-31-12-16-47(36(20-31)26-60-17-19-65)68-30-33-11-15-43(54)40(21-33)51(57,58)59/h5,7-8,11-16,20-25,28,60,65H,4,17-19,26-27,29-30H2,1-2H3,(H,61,66). The molecule has 1 aliphatic heterocycles. The lowest BCUT2D eigenvalue weighted by Crippen LogP contribution is -2.36. The minimum absolute atomic E-state index is 0.0445. The van der Waals surface area contributed by atoms with Gasteiger partial charge in [-0.2, -0.15) is 18.3 Å². The highest BCUT2D eigenvalue weighted by Crippen LogP contribution is 2.43. The van der Waals surface area contributed by atoms with Crippen LogP contribution in [0.4, 0.5) is 36.4 Å². The molecule has 1 aromatic heterocycles. The Kier molecular flexibility index (Phi) is 14.9. The number of nitrogens with one attached hydrogen (secondary N) is 2. The van der Waals surface area contributed by atoms with Gasteiger partial charge in [0, 0.05) is 76.3 Å². The highest BCUT2D eigenvalue weighted by Gasteiger charge is 2.44. The molecular weight excluding hydrogens is 915 g/mol. The zero-order valence-electron chi connectivity index (χ0n) is 36.4. The van der Waals surface area contributed by atoms with E-state index < -0.39 is 58.4 Å². The van der Waals surface area contributed by atoms with Crippen molar-refractivity contribution in [2.24, 2.45) is 0 Å². The second kappa shape index (κ2) is 20.8. The molecule has 7 rings (SSSR count). The molecule has 0 radical (unpaired) electrons. The Labute approximate surface area is 391 Å². The van der Waals surface area contributed by atoms with Gasteiger partial charge in [-0.05, 0) is 91.7 Å². The number of rotatable bonds is 14. The van der Waals surface area contributed by atoms with E-state index in [1.807, 2.05) is 0 Å². The summed E-state index contributed by atoms with van der Waals surface area (Å²) in [5.74, 6) is 7.25. The Balaban J connectivity index is 0.944. The maximum absolute atomic E-state index is 15.3. The lowest BCUT2D eigenvalue weighted by molar-refractivity contribution is -0.140. The van der Waals surface area contributed by atoms with E-state index in [4.69, 9.17) is 16.3 Å². The van der Waals surface area contributed by atoms with Crippen LogP contribution in [0.25, 0.3) is 0 Å². The molecule has 2 amide bonds. The summed E-state index contributed by atoms with van der Waals surface area (Å²) >= 11 is 6.25. The fourth-order valence-electron chi connectivity index (χ4n) is 7.41. The second-order valence-electron chi connectivity index (χ2n) is 16.2. The Hall–Kier alpha value is -7.11. The SMILES string of the molecule is CC1(C)C(=O)N(Cc2c(F)cccc2Cl)c2cc(C(=O)NCc3c(F)cc(C#Cc4cnn(CCC#Cc5ccc(OCc6ccc(F)c(C(F)(F)F)c6)c(CNCCO)c5)c4)cc3F)ccc21. The Bertz CT molecular complexity index is 2980. The van der Waals surface area contributed by atoms with Crippen LogP contribution < -0.4 is 20.3 Å². The number of carbonyl (C=O) groups excluding carboxylic acids is 2. The average molecular weight is 956 g/mol. The van der Waals surface area contributed by atoms with Gasteiger partial charge in [-0.25, -0.2) is 17.6 Å². The molecular formula is C51H41ClF7N5O4. The summed E-state index contributed by atoms with van der Waals surface area (Å²) in [6, 6.07) is 18.7. The van der Waals surface area contributed by atoms with Crippen molar-refractivity contribution in [2.75, 3.05) is 18.1 Å². The van der Waals surface area contributed by atoms with Crippen LogP contribution in [0.2, 0.25) is 5.02 Å². The number of alkyl halides is 3. The Morgan fingerprint density at radius 1 is 0.853 bits per heavy atom. The summed E-state index contributed by atoms with van der Waals surface area (Å²) in [6.45, 7) is 3.33. The number of aliphatic hydroxyl groups excluding tert-OH is 1.